The maximum absolute atomic E-state index is 13.3. The molecule has 1 amide bonds. The number of carbonyl (C=O) groups excluding carboxylic acids is 1. The summed E-state index contributed by atoms with van der Waals surface area (Å²) in [5.41, 5.74) is 3.52. The molecule has 0 aliphatic carbocycles. The van der Waals surface area contributed by atoms with Gasteiger partial charge in [-0.25, -0.2) is 9.97 Å². The first kappa shape index (κ1) is 21.4. The van der Waals surface area contributed by atoms with Gasteiger partial charge in [0, 0.05) is 43.4 Å². The molecule has 5 rings (SSSR count). The summed E-state index contributed by atoms with van der Waals surface area (Å²) in [4.78, 5) is 32.0. The summed E-state index contributed by atoms with van der Waals surface area (Å²) in [6.07, 6.45) is 7.29. The number of rotatable bonds is 4. The van der Waals surface area contributed by atoms with Crippen LogP contribution in [0, 0.1) is 0 Å². The summed E-state index contributed by atoms with van der Waals surface area (Å²) in [6.45, 7) is 3.10. The summed E-state index contributed by atoms with van der Waals surface area (Å²) in [5.74, 6) is 2.33. The van der Waals surface area contributed by atoms with Gasteiger partial charge in [-0.15, -0.1) is 0 Å². The molecule has 0 radical (unpaired) electrons. The van der Waals surface area contributed by atoms with Gasteiger partial charge < -0.3 is 14.5 Å². The minimum atomic E-state index is 0.00942. The maximum Gasteiger partial charge on any atom is 0.254 e. The highest BCUT2D eigenvalue weighted by Crippen LogP contribution is 2.31. The van der Waals surface area contributed by atoms with Crippen LogP contribution < -0.4 is 9.64 Å². The van der Waals surface area contributed by atoms with Gasteiger partial charge in [0.05, 0.1) is 19.3 Å². The third-order valence-corrected chi connectivity index (χ3v) is 6.44. The molecule has 3 aromatic rings. The highest BCUT2D eigenvalue weighted by molar-refractivity contribution is 5.94. The van der Waals surface area contributed by atoms with Gasteiger partial charge in [0.1, 0.15) is 17.3 Å². The highest BCUT2D eigenvalue weighted by atomic mass is 16.5. The molecule has 1 aromatic carbocycles. The van der Waals surface area contributed by atoms with E-state index in [2.05, 4.69) is 9.88 Å². The molecule has 1 saturated heterocycles. The van der Waals surface area contributed by atoms with Gasteiger partial charge in [0.2, 0.25) is 0 Å². The smallest absolute Gasteiger partial charge is 0.254 e. The van der Waals surface area contributed by atoms with Crippen molar-refractivity contribution in [2.75, 3.05) is 31.6 Å². The van der Waals surface area contributed by atoms with Gasteiger partial charge >= 0.3 is 0 Å². The molecule has 0 atom stereocenters. The van der Waals surface area contributed by atoms with Crippen LogP contribution in [-0.2, 0) is 13.0 Å². The molecule has 0 unspecified atom stereocenters. The Morgan fingerprint density at radius 1 is 0.970 bits per heavy atom. The lowest BCUT2D eigenvalue weighted by molar-refractivity contribution is 0.0733. The van der Waals surface area contributed by atoms with Gasteiger partial charge in [-0.05, 0) is 43.2 Å². The fraction of sp³-hybridized carbons (Fsp3) is 0.385. The number of fused-ring (bicyclic) bond motifs is 1. The standard InChI is InChI=1S/C26H29N5O2/c1-33-20-10-8-9-19(17-20)26(32)31-16-12-22-21(18-31)25(30-14-6-2-3-7-15-30)29-24(28-22)23-11-4-5-13-27-23/h4-5,8-11,13,17H,2-3,6-7,12,14-16,18H2,1H3. The highest BCUT2D eigenvalue weighted by Gasteiger charge is 2.29. The Kier molecular flexibility index (Phi) is 6.19. The van der Waals surface area contributed by atoms with Crippen LogP contribution in [-0.4, -0.2) is 52.5 Å². The maximum atomic E-state index is 13.3. The summed E-state index contributed by atoms with van der Waals surface area (Å²) in [6, 6.07) is 13.2. The molecule has 1 fully saturated rings. The van der Waals surface area contributed by atoms with Crippen molar-refractivity contribution in [1.82, 2.24) is 19.9 Å². The predicted molar refractivity (Wildman–Crippen MR) is 127 cm³/mol. The summed E-state index contributed by atoms with van der Waals surface area (Å²) >= 11 is 0. The Hall–Kier alpha value is -3.48. The zero-order valence-electron chi connectivity index (χ0n) is 19.0. The number of hydrogen-bond donors (Lipinski definition) is 0. The van der Waals surface area contributed by atoms with Crippen molar-refractivity contribution >= 4 is 11.7 Å². The molecule has 4 heterocycles. The van der Waals surface area contributed by atoms with E-state index in [1.807, 2.05) is 41.3 Å². The number of nitrogens with zero attached hydrogens (tertiary/aromatic N) is 5. The van der Waals surface area contributed by atoms with Crippen molar-refractivity contribution < 1.29 is 9.53 Å². The Bertz CT molecular complexity index is 1130. The van der Waals surface area contributed by atoms with Gasteiger partial charge in [0.15, 0.2) is 5.82 Å². The Balaban J connectivity index is 1.51. The first-order chi connectivity index (χ1) is 16.2. The van der Waals surface area contributed by atoms with Crippen molar-refractivity contribution in [3.05, 3.63) is 65.5 Å². The summed E-state index contributed by atoms with van der Waals surface area (Å²) in [7, 11) is 1.62. The molecular formula is C26H29N5O2. The quantitative estimate of drug-likeness (QED) is 0.604. The molecule has 0 spiro atoms. The lowest BCUT2D eigenvalue weighted by Gasteiger charge is -2.33. The molecular weight excluding hydrogens is 414 g/mol. The van der Waals surface area contributed by atoms with Gasteiger partial charge in [-0.2, -0.15) is 0 Å². The largest absolute Gasteiger partial charge is 0.497 e. The van der Waals surface area contributed by atoms with Crippen LogP contribution in [0.3, 0.4) is 0 Å². The molecule has 0 N–H and O–H groups in total. The van der Waals surface area contributed by atoms with Gasteiger partial charge in [0.25, 0.3) is 5.91 Å². The molecule has 0 bridgehead atoms. The molecule has 2 aromatic heterocycles. The van der Waals surface area contributed by atoms with Crippen molar-refractivity contribution in [2.45, 2.75) is 38.6 Å². The predicted octanol–water partition coefficient (Wildman–Crippen LogP) is 4.13. The van der Waals surface area contributed by atoms with Gasteiger partial charge in [-0.1, -0.05) is 25.0 Å². The lowest BCUT2D eigenvalue weighted by Crippen LogP contribution is -2.38. The molecule has 7 nitrogen and oxygen atoms in total. The van der Waals surface area contributed by atoms with E-state index in [1.165, 1.54) is 12.8 Å². The van der Waals surface area contributed by atoms with E-state index in [9.17, 15) is 4.79 Å². The van der Waals surface area contributed by atoms with E-state index >= 15 is 0 Å². The van der Waals surface area contributed by atoms with Crippen LogP contribution in [0.4, 0.5) is 5.82 Å². The number of amides is 1. The van der Waals surface area contributed by atoms with E-state index < -0.39 is 0 Å². The fourth-order valence-electron chi connectivity index (χ4n) is 4.66. The zero-order valence-corrected chi connectivity index (χ0v) is 19.0. The number of benzene rings is 1. The van der Waals surface area contributed by atoms with Crippen LogP contribution in [0.5, 0.6) is 5.75 Å². The first-order valence-corrected chi connectivity index (χ1v) is 11.7. The monoisotopic (exact) mass is 443 g/mol. The summed E-state index contributed by atoms with van der Waals surface area (Å²) in [5, 5.41) is 0. The van der Waals surface area contributed by atoms with E-state index in [4.69, 9.17) is 14.7 Å². The molecule has 33 heavy (non-hydrogen) atoms. The average Bonchev–Trinajstić information content (AvgIpc) is 3.17. The van der Waals surface area contributed by atoms with Crippen molar-refractivity contribution in [3.8, 4) is 17.3 Å². The number of anilines is 1. The number of pyridine rings is 1. The first-order valence-electron chi connectivity index (χ1n) is 11.7. The van der Waals surface area contributed by atoms with Crippen LogP contribution in [0.2, 0.25) is 0 Å². The fourth-order valence-corrected chi connectivity index (χ4v) is 4.66. The second-order valence-corrected chi connectivity index (χ2v) is 8.62. The number of carbonyl (C=O) groups is 1. The summed E-state index contributed by atoms with van der Waals surface area (Å²) < 4.78 is 5.31. The van der Waals surface area contributed by atoms with E-state index in [0.717, 1.165) is 48.7 Å². The van der Waals surface area contributed by atoms with Crippen LogP contribution in [0.25, 0.3) is 11.5 Å². The van der Waals surface area contributed by atoms with Crippen LogP contribution in [0.15, 0.2) is 48.7 Å². The molecule has 0 saturated carbocycles. The Morgan fingerprint density at radius 3 is 2.58 bits per heavy atom. The van der Waals surface area contributed by atoms with Crippen molar-refractivity contribution in [1.29, 1.82) is 0 Å². The topological polar surface area (TPSA) is 71.5 Å². The minimum absolute atomic E-state index is 0.00942. The zero-order chi connectivity index (χ0) is 22.6. The SMILES string of the molecule is COc1cccc(C(=O)N2CCc3nc(-c4ccccn4)nc(N4CCCCCC4)c3C2)c1. The number of ether oxygens (including phenoxy) is 1. The second-order valence-electron chi connectivity index (χ2n) is 8.62. The number of aromatic nitrogens is 3. The van der Waals surface area contributed by atoms with Crippen molar-refractivity contribution in [2.24, 2.45) is 0 Å². The average molecular weight is 444 g/mol. The Morgan fingerprint density at radius 2 is 1.82 bits per heavy atom. The minimum Gasteiger partial charge on any atom is -0.497 e. The number of hydrogen-bond acceptors (Lipinski definition) is 6. The molecule has 170 valence electrons. The Labute approximate surface area is 194 Å². The normalized spacial score (nSPS) is 16.2. The van der Waals surface area contributed by atoms with E-state index in [-0.39, 0.29) is 5.91 Å². The second kappa shape index (κ2) is 9.57. The molecule has 7 heteroatoms. The van der Waals surface area contributed by atoms with Crippen molar-refractivity contribution in [3.63, 3.8) is 0 Å². The molecule has 2 aliphatic rings. The van der Waals surface area contributed by atoms with Crippen LogP contribution in [0.1, 0.15) is 47.3 Å². The van der Waals surface area contributed by atoms with Gasteiger partial charge in [-0.3, -0.25) is 9.78 Å². The number of methoxy groups -OCH3 is 1. The van der Waals surface area contributed by atoms with E-state index in [1.54, 1.807) is 19.4 Å². The molecule has 2 aliphatic heterocycles. The third-order valence-electron chi connectivity index (χ3n) is 6.44. The third kappa shape index (κ3) is 4.53. The lowest BCUT2D eigenvalue weighted by atomic mass is 10.0. The van der Waals surface area contributed by atoms with Crippen LogP contribution >= 0.6 is 0 Å². The van der Waals surface area contributed by atoms with E-state index in [0.29, 0.717) is 36.6 Å².